The maximum Gasteiger partial charge on any atom is 0.233 e. The normalized spacial score (nSPS) is 20.7. The quantitative estimate of drug-likeness (QED) is 0.739. The lowest BCUT2D eigenvalue weighted by atomic mass is 9.87. The summed E-state index contributed by atoms with van der Waals surface area (Å²) < 4.78 is 23.6. The molecule has 2 N–H and O–H groups in total. The Balaban J connectivity index is 1.89. The molecule has 0 saturated heterocycles. The van der Waals surface area contributed by atoms with E-state index in [1.807, 2.05) is 0 Å². The van der Waals surface area contributed by atoms with Gasteiger partial charge in [-0.3, -0.25) is 9.78 Å². The molecule has 0 bridgehead atoms. The molecule has 1 amide bonds. The minimum absolute atomic E-state index is 0.0299. The first-order valence-corrected chi connectivity index (χ1v) is 11.3. The fourth-order valence-corrected chi connectivity index (χ4v) is 4.94. The van der Waals surface area contributed by atoms with Crippen LogP contribution in [0.25, 0.3) is 0 Å². The van der Waals surface area contributed by atoms with Crippen LogP contribution in [-0.4, -0.2) is 41.8 Å². The van der Waals surface area contributed by atoms with Gasteiger partial charge in [0, 0.05) is 18.6 Å². The van der Waals surface area contributed by atoms with Gasteiger partial charge < -0.3 is 10.4 Å². The SMILES string of the molecule is CS(=O)(=O)c1ccc([C@@H](C[C@@H]2CCC(O)C2)C(=O)Nc2cnccn2)cc1Cl. The van der Waals surface area contributed by atoms with Crippen LogP contribution >= 0.6 is 11.6 Å². The molecular formula is C19H22ClN3O4S. The zero-order valence-electron chi connectivity index (χ0n) is 15.4. The fraction of sp³-hybridized carbons (Fsp3) is 0.421. The molecule has 1 fully saturated rings. The molecular weight excluding hydrogens is 402 g/mol. The summed E-state index contributed by atoms with van der Waals surface area (Å²) in [4.78, 5) is 21.0. The van der Waals surface area contributed by atoms with Gasteiger partial charge in [0.15, 0.2) is 15.7 Å². The van der Waals surface area contributed by atoms with Crippen molar-refractivity contribution in [3.8, 4) is 0 Å². The summed E-state index contributed by atoms with van der Waals surface area (Å²) >= 11 is 6.19. The number of hydrogen-bond acceptors (Lipinski definition) is 6. The monoisotopic (exact) mass is 423 g/mol. The number of sulfone groups is 1. The lowest BCUT2D eigenvalue weighted by Gasteiger charge is -2.21. The molecule has 1 aromatic heterocycles. The number of halogens is 1. The van der Waals surface area contributed by atoms with E-state index in [4.69, 9.17) is 11.6 Å². The van der Waals surface area contributed by atoms with Crippen molar-refractivity contribution in [1.82, 2.24) is 9.97 Å². The minimum Gasteiger partial charge on any atom is -0.393 e. The maximum absolute atomic E-state index is 13.0. The first kappa shape index (κ1) is 20.7. The number of aliphatic hydroxyl groups is 1. The lowest BCUT2D eigenvalue weighted by Crippen LogP contribution is -2.24. The number of benzene rings is 1. The summed E-state index contributed by atoms with van der Waals surface area (Å²) in [7, 11) is -3.46. The van der Waals surface area contributed by atoms with Gasteiger partial charge in [-0.2, -0.15) is 0 Å². The summed E-state index contributed by atoms with van der Waals surface area (Å²) in [6, 6.07) is 4.58. The van der Waals surface area contributed by atoms with E-state index in [9.17, 15) is 18.3 Å². The molecule has 1 saturated carbocycles. The maximum atomic E-state index is 13.0. The van der Waals surface area contributed by atoms with E-state index in [1.54, 1.807) is 6.07 Å². The summed E-state index contributed by atoms with van der Waals surface area (Å²) in [6.07, 6.45) is 7.92. The predicted octanol–water partition coefficient (Wildman–Crippen LogP) is 2.81. The molecule has 1 aliphatic rings. The van der Waals surface area contributed by atoms with Crippen molar-refractivity contribution in [2.45, 2.75) is 42.6 Å². The smallest absolute Gasteiger partial charge is 0.233 e. The molecule has 1 aromatic carbocycles. The van der Waals surface area contributed by atoms with E-state index in [0.717, 1.165) is 19.1 Å². The van der Waals surface area contributed by atoms with Gasteiger partial charge in [-0.15, -0.1) is 0 Å². The van der Waals surface area contributed by atoms with Gasteiger partial charge in [0.1, 0.15) is 0 Å². The standard InChI is InChI=1S/C19H22ClN3O4S/c1-28(26,27)17-5-3-13(10-16(17)20)15(9-12-2-4-14(24)8-12)19(25)23-18-11-21-6-7-22-18/h3,5-7,10-12,14-15,24H,2,4,8-9H2,1H3,(H,22,23,25)/t12-,14?,15-/m1/s1. The van der Waals surface area contributed by atoms with E-state index in [1.165, 1.54) is 30.7 Å². The molecule has 2 aromatic rings. The zero-order chi connectivity index (χ0) is 20.3. The zero-order valence-corrected chi connectivity index (χ0v) is 16.9. The Morgan fingerprint density at radius 2 is 2.14 bits per heavy atom. The Morgan fingerprint density at radius 1 is 1.36 bits per heavy atom. The highest BCUT2D eigenvalue weighted by molar-refractivity contribution is 7.90. The third-order valence-electron chi connectivity index (χ3n) is 4.97. The van der Waals surface area contributed by atoms with Gasteiger partial charge in [-0.05, 0) is 49.3 Å². The fourth-order valence-electron chi connectivity index (χ4n) is 3.60. The molecule has 7 nitrogen and oxygen atoms in total. The minimum atomic E-state index is -3.46. The molecule has 1 heterocycles. The second kappa shape index (κ2) is 8.55. The number of nitrogens with one attached hydrogen (secondary N) is 1. The Morgan fingerprint density at radius 3 is 2.71 bits per heavy atom. The van der Waals surface area contributed by atoms with Crippen molar-refractivity contribution in [2.24, 2.45) is 5.92 Å². The number of hydrogen-bond donors (Lipinski definition) is 2. The highest BCUT2D eigenvalue weighted by atomic mass is 35.5. The molecule has 0 spiro atoms. The summed E-state index contributed by atoms with van der Waals surface area (Å²) in [6.45, 7) is 0. The number of aliphatic hydroxyl groups excluding tert-OH is 1. The van der Waals surface area contributed by atoms with Crippen molar-refractivity contribution in [3.63, 3.8) is 0 Å². The third kappa shape index (κ3) is 5.06. The number of aromatic nitrogens is 2. The average Bonchev–Trinajstić information content (AvgIpc) is 3.04. The molecule has 3 rings (SSSR count). The third-order valence-corrected chi connectivity index (χ3v) is 6.55. The predicted molar refractivity (Wildman–Crippen MR) is 106 cm³/mol. The number of carbonyl (C=O) groups is 1. The van der Waals surface area contributed by atoms with Gasteiger partial charge in [-0.25, -0.2) is 13.4 Å². The average molecular weight is 424 g/mol. The number of anilines is 1. The van der Waals surface area contributed by atoms with Crippen molar-refractivity contribution in [3.05, 3.63) is 47.4 Å². The molecule has 3 atom stereocenters. The van der Waals surface area contributed by atoms with Crippen LogP contribution in [0.15, 0.2) is 41.7 Å². The molecule has 1 aliphatic carbocycles. The van der Waals surface area contributed by atoms with E-state index in [0.29, 0.717) is 24.2 Å². The molecule has 150 valence electrons. The highest BCUT2D eigenvalue weighted by Crippen LogP contribution is 2.36. The Hall–Kier alpha value is -2.03. The van der Waals surface area contributed by atoms with Crippen LogP contribution in [0.2, 0.25) is 5.02 Å². The summed E-state index contributed by atoms with van der Waals surface area (Å²) in [5.41, 5.74) is 0.625. The Labute approximate surface area is 169 Å². The number of nitrogens with zero attached hydrogens (tertiary/aromatic N) is 2. The highest BCUT2D eigenvalue weighted by Gasteiger charge is 2.30. The van der Waals surface area contributed by atoms with Crippen molar-refractivity contribution in [2.75, 3.05) is 11.6 Å². The lowest BCUT2D eigenvalue weighted by molar-refractivity contribution is -0.118. The Bertz CT molecular complexity index is 953. The number of carbonyl (C=O) groups excluding carboxylic acids is 1. The molecule has 9 heteroatoms. The van der Waals surface area contributed by atoms with E-state index < -0.39 is 15.8 Å². The van der Waals surface area contributed by atoms with Crippen LogP contribution in [0.4, 0.5) is 5.82 Å². The van der Waals surface area contributed by atoms with Gasteiger partial charge >= 0.3 is 0 Å². The largest absolute Gasteiger partial charge is 0.393 e. The van der Waals surface area contributed by atoms with Crippen LogP contribution < -0.4 is 5.32 Å². The number of amides is 1. The van der Waals surface area contributed by atoms with Crippen molar-refractivity contribution in [1.29, 1.82) is 0 Å². The first-order valence-electron chi connectivity index (χ1n) is 8.98. The van der Waals surface area contributed by atoms with Gasteiger partial charge in [0.25, 0.3) is 0 Å². The van der Waals surface area contributed by atoms with Crippen molar-refractivity contribution < 1.29 is 18.3 Å². The second-order valence-corrected chi connectivity index (χ2v) is 9.55. The van der Waals surface area contributed by atoms with Gasteiger partial charge in [-0.1, -0.05) is 17.7 Å². The molecule has 0 aliphatic heterocycles. The van der Waals surface area contributed by atoms with E-state index >= 15 is 0 Å². The first-order chi connectivity index (χ1) is 13.2. The number of rotatable bonds is 6. The van der Waals surface area contributed by atoms with E-state index in [-0.39, 0.29) is 27.8 Å². The van der Waals surface area contributed by atoms with Gasteiger partial charge in [0.05, 0.1) is 28.1 Å². The van der Waals surface area contributed by atoms with Crippen LogP contribution in [0.3, 0.4) is 0 Å². The van der Waals surface area contributed by atoms with Crippen molar-refractivity contribution >= 4 is 33.2 Å². The van der Waals surface area contributed by atoms with E-state index in [2.05, 4.69) is 15.3 Å². The second-order valence-electron chi connectivity index (χ2n) is 7.16. The molecule has 1 unspecified atom stereocenters. The Kier molecular flexibility index (Phi) is 6.32. The molecule has 0 radical (unpaired) electrons. The van der Waals surface area contributed by atoms with Crippen LogP contribution in [0.5, 0.6) is 0 Å². The van der Waals surface area contributed by atoms with Crippen LogP contribution in [0.1, 0.15) is 37.2 Å². The van der Waals surface area contributed by atoms with Gasteiger partial charge in [0.2, 0.25) is 5.91 Å². The summed E-state index contributed by atoms with van der Waals surface area (Å²) in [5.74, 6) is -0.294. The molecule has 28 heavy (non-hydrogen) atoms. The van der Waals surface area contributed by atoms with Crippen LogP contribution in [0, 0.1) is 5.92 Å². The summed E-state index contributed by atoms with van der Waals surface area (Å²) in [5, 5.41) is 12.7. The topological polar surface area (TPSA) is 109 Å². The van der Waals surface area contributed by atoms with Crippen LogP contribution in [-0.2, 0) is 14.6 Å².